The Bertz CT molecular complexity index is 563. The van der Waals surface area contributed by atoms with Crippen LogP contribution >= 0.6 is 0 Å². The number of fused-ring (bicyclic) bond motifs is 1. The summed E-state index contributed by atoms with van der Waals surface area (Å²) in [4.78, 5) is 11.8. The van der Waals surface area contributed by atoms with Crippen LogP contribution in [0.4, 0.5) is 10.5 Å². The molecule has 0 bridgehead atoms. The van der Waals surface area contributed by atoms with Crippen LogP contribution in [0.25, 0.3) is 10.9 Å². The predicted molar refractivity (Wildman–Crippen MR) is 76.4 cm³/mol. The number of aromatic nitrogens is 1. The molecule has 1 aromatic carbocycles. The number of methoxy groups -OCH3 is 1. The topological polar surface area (TPSA) is 55.3 Å². The summed E-state index contributed by atoms with van der Waals surface area (Å²) >= 11 is 0. The van der Waals surface area contributed by atoms with Gasteiger partial charge in [-0.25, -0.2) is 4.79 Å². The zero-order valence-corrected chi connectivity index (χ0v) is 11.3. The van der Waals surface area contributed by atoms with Gasteiger partial charge < -0.3 is 19.9 Å². The molecule has 102 valence electrons. The number of rotatable bonds is 5. The predicted octanol–water partition coefficient (Wildman–Crippen LogP) is 2.34. The number of urea groups is 1. The minimum absolute atomic E-state index is 0.188. The molecule has 2 amide bonds. The van der Waals surface area contributed by atoms with Crippen LogP contribution in [0.3, 0.4) is 0 Å². The van der Waals surface area contributed by atoms with Crippen LogP contribution in [0.2, 0.25) is 0 Å². The van der Waals surface area contributed by atoms with E-state index in [1.165, 1.54) is 0 Å². The number of ether oxygens (including phenoxy) is 1. The van der Waals surface area contributed by atoms with Crippen LogP contribution < -0.4 is 10.6 Å². The number of benzene rings is 1. The van der Waals surface area contributed by atoms with Gasteiger partial charge in [0, 0.05) is 44.4 Å². The molecule has 0 unspecified atom stereocenters. The van der Waals surface area contributed by atoms with E-state index < -0.39 is 0 Å². The Morgan fingerprint density at radius 1 is 1.37 bits per heavy atom. The summed E-state index contributed by atoms with van der Waals surface area (Å²) in [5, 5.41) is 6.71. The highest BCUT2D eigenvalue weighted by atomic mass is 16.5. The summed E-state index contributed by atoms with van der Waals surface area (Å²) in [5.41, 5.74) is 1.92. The molecule has 0 aliphatic heterocycles. The summed E-state index contributed by atoms with van der Waals surface area (Å²) in [6, 6.07) is 7.67. The number of hydrogen-bond acceptors (Lipinski definition) is 2. The Morgan fingerprint density at radius 3 is 3.00 bits per heavy atom. The van der Waals surface area contributed by atoms with E-state index in [2.05, 4.69) is 10.6 Å². The van der Waals surface area contributed by atoms with E-state index in [1.807, 2.05) is 42.1 Å². The fourth-order valence-corrected chi connectivity index (χ4v) is 2.00. The molecule has 0 aliphatic rings. The highest BCUT2D eigenvalue weighted by Crippen LogP contribution is 2.23. The van der Waals surface area contributed by atoms with Crippen molar-refractivity contribution in [2.45, 2.75) is 6.42 Å². The van der Waals surface area contributed by atoms with Gasteiger partial charge in [0.1, 0.15) is 0 Å². The van der Waals surface area contributed by atoms with E-state index in [0.717, 1.165) is 23.0 Å². The van der Waals surface area contributed by atoms with Gasteiger partial charge in [-0.05, 0) is 24.6 Å². The maximum Gasteiger partial charge on any atom is 0.319 e. The summed E-state index contributed by atoms with van der Waals surface area (Å²) in [6.45, 7) is 1.25. The van der Waals surface area contributed by atoms with E-state index in [-0.39, 0.29) is 6.03 Å². The molecular formula is C14H19N3O2. The standard InChI is InChI=1S/C14H19N3O2/c1-17-9-7-11-12(5-3-6-13(11)17)16-14(18)15-8-4-10-19-2/h3,5-7,9H,4,8,10H2,1-2H3,(H2,15,16,18). The highest BCUT2D eigenvalue weighted by Gasteiger charge is 2.06. The van der Waals surface area contributed by atoms with Gasteiger partial charge in [0.25, 0.3) is 0 Å². The summed E-state index contributed by atoms with van der Waals surface area (Å²) in [7, 11) is 3.63. The van der Waals surface area contributed by atoms with Crippen LogP contribution in [0.5, 0.6) is 0 Å². The first-order valence-corrected chi connectivity index (χ1v) is 6.30. The van der Waals surface area contributed by atoms with Crippen molar-refractivity contribution < 1.29 is 9.53 Å². The second kappa shape index (κ2) is 6.24. The van der Waals surface area contributed by atoms with Crippen LogP contribution in [-0.4, -0.2) is 30.9 Å². The fraction of sp³-hybridized carbons (Fsp3) is 0.357. The van der Waals surface area contributed by atoms with Gasteiger partial charge in [-0.3, -0.25) is 0 Å². The first kappa shape index (κ1) is 13.4. The van der Waals surface area contributed by atoms with Crippen molar-refractivity contribution in [1.29, 1.82) is 0 Å². The quantitative estimate of drug-likeness (QED) is 0.812. The van der Waals surface area contributed by atoms with E-state index in [4.69, 9.17) is 4.74 Å². The van der Waals surface area contributed by atoms with Gasteiger partial charge in [-0.1, -0.05) is 6.07 Å². The highest BCUT2D eigenvalue weighted by molar-refractivity contribution is 6.00. The molecule has 0 saturated heterocycles. The molecule has 19 heavy (non-hydrogen) atoms. The second-order valence-corrected chi connectivity index (χ2v) is 4.39. The van der Waals surface area contributed by atoms with Gasteiger partial charge in [0.2, 0.25) is 0 Å². The molecule has 2 N–H and O–H groups in total. The molecule has 0 saturated carbocycles. The number of carbonyl (C=O) groups is 1. The first-order chi connectivity index (χ1) is 9.22. The molecule has 5 nitrogen and oxygen atoms in total. The van der Waals surface area contributed by atoms with E-state index >= 15 is 0 Å². The lowest BCUT2D eigenvalue weighted by Gasteiger charge is -2.08. The molecule has 2 aromatic rings. The largest absolute Gasteiger partial charge is 0.385 e. The Morgan fingerprint density at radius 2 is 2.21 bits per heavy atom. The molecule has 5 heteroatoms. The molecule has 1 heterocycles. The molecule has 0 fully saturated rings. The van der Waals surface area contributed by atoms with Gasteiger partial charge >= 0.3 is 6.03 Å². The number of carbonyl (C=O) groups excluding carboxylic acids is 1. The number of aryl methyl sites for hydroxylation is 1. The summed E-state index contributed by atoms with van der Waals surface area (Å²) < 4.78 is 6.95. The second-order valence-electron chi connectivity index (χ2n) is 4.39. The van der Waals surface area contributed by atoms with Crippen LogP contribution in [-0.2, 0) is 11.8 Å². The van der Waals surface area contributed by atoms with Crippen LogP contribution in [0, 0.1) is 0 Å². The van der Waals surface area contributed by atoms with Crippen molar-refractivity contribution in [2.24, 2.45) is 7.05 Å². The van der Waals surface area contributed by atoms with Crippen LogP contribution in [0.15, 0.2) is 30.5 Å². The molecular weight excluding hydrogens is 242 g/mol. The minimum Gasteiger partial charge on any atom is -0.385 e. The Balaban J connectivity index is 1.99. The van der Waals surface area contributed by atoms with Gasteiger partial charge in [0.15, 0.2) is 0 Å². The number of nitrogens with one attached hydrogen (secondary N) is 2. The third-order valence-corrected chi connectivity index (χ3v) is 2.99. The zero-order valence-electron chi connectivity index (χ0n) is 11.3. The van der Waals surface area contributed by atoms with E-state index in [1.54, 1.807) is 7.11 Å². The van der Waals surface area contributed by atoms with Crippen molar-refractivity contribution in [3.8, 4) is 0 Å². The van der Waals surface area contributed by atoms with Crippen molar-refractivity contribution in [3.63, 3.8) is 0 Å². The van der Waals surface area contributed by atoms with E-state index in [9.17, 15) is 4.79 Å². The summed E-state index contributed by atoms with van der Waals surface area (Å²) in [5.74, 6) is 0. The minimum atomic E-state index is -0.188. The van der Waals surface area contributed by atoms with Crippen molar-refractivity contribution in [3.05, 3.63) is 30.5 Å². The van der Waals surface area contributed by atoms with Crippen molar-refractivity contribution >= 4 is 22.6 Å². The number of hydrogen-bond donors (Lipinski definition) is 2. The van der Waals surface area contributed by atoms with Gasteiger partial charge in [-0.15, -0.1) is 0 Å². The lowest BCUT2D eigenvalue weighted by Crippen LogP contribution is -2.30. The number of nitrogens with zero attached hydrogens (tertiary/aromatic N) is 1. The van der Waals surface area contributed by atoms with Crippen molar-refractivity contribution in [2.75, 3.05) is 25.6 Å². The molecule has 1 aromatic heterocycles. The third kappa shape index (κ3) is 3.26. The molecule has 0 radical (unpaired) electrons. The van der Waals surface area contributed by atoms with Crippen molar-refractivity contribution in [1.82, 2.24) is 9.88 Å². The lowest BCUT2D eigenvalue weighted by atomic mass is 10.2. The first-order valence-electron chi connectivity index (χ1n) is 6.30. The smallest absolute Gasteiger partial charge is 0.319 e. The SMILES string of the molecule is COCCCNC(=O)Nc1cccc2c1ccn2C. The maximum absolute atomic E-state index is 11.8. The Kier molecular flexibility index (Phi) is 4.41. The Hall–Kier alpha value is -2.01. The van der Waals surface area contributed by atoms with Gasteiger partial charge in [-0.2, -0.15) is 0 Å². The zero-order chi connectivity index (χ0) is 13.7. The third-order valence-electron chi connectivity index (χ3n) is 2.99. The maximum atomic E-state index is 11.8. The fourth-order valence-electron chi connectivity index (χ4n) is 2.00. The number of anilines is 1. The Labute approximate surface area is 112 Å². The molecule has 0 aliphatic carbocycles. The van der Waals surface area contributed by atoms with Crippen LogP contribution in [0.1, 0.15) is 6.42 Å². The monoisotopic (exact) mass is 261 g/mol. The average Bonchev–Trinajstić information content (AvgIpc) is 2.78. The van der Waals surface area contributed by atoms with Gasteiger partial charge in [0.05, 0.1) is 5.69 Å². The molecule has 0 spiro atoms. The van der Waals surface area contributed by atoms with E-state index in [0.29, 0.717) is 13.2 Å². The summed E-state index contributed by atoms with van der Waals surface area (Å²) in [6.07, 6.45) is 2.78. The molecule has 0 atom stereocenters. The average molecular weight is 261 g/mol. The lowest BCUT2D eigenvalue weighted by molar-refractivity contribution is 0.194. The molecule has 2 rings (SSSR count). The number of amides is 2. The normalized spacial score (nSPS) is 10.6.